The van der Waals surface area contributed by atoms with Gasteiger partial charge in [-0.05, 0) is 13.0 Å². The average Bonchev–Trinajstić information content (AvgIpc) is 1.97. The molecule has 0 aromatic rings. The summed E-state index contributed by atoms with van der Waals surface area (Å²) in [6.45, 7) is 5.45. The molecule has 0 saturated heterocycles. The molecule has 0 aromatic carbocycles. The summed E-state index contributed by atoms with van der Waals surface area (Å²) in [5.74, 6) is 0. The second kappa shape index (κ2) is 7.26. The van der Waals surface area contributed by atoms with E-state index < -0.39 is 8.03 Å². The van der Waals surface area contributed by atoms with Crippen LogP contribution in [0.1, 0.15) is 20.3 Å². The van der Waals surface area contributed by atoms with E-state index in [0.29, 0.717) is 12.9 Å². The van der Waals surface area contributed by atoms with E-state index in [9.17, 15) is 4.57 Å². The summed E-state index contributed by atoms with van der Waals surface area (Å²) in [4.78, 5) is 0. The van der Waals surface area contributed by atoms with Gasteiger partial charge in [-0.3, -0.25) is 4.57 Å². The first kappa shape index (κ1) is 10.2. The Morgan fingerprint density at radius 1 is 1.50 bits per heavy atom. The molecule has 0 amide bonds. The number of nitrogens with one attached hydrogen (secondary N) is 1. The second-order valence-electron chi connectivity index (χ2n) is 2.00. The van der Waals surface area contributed by atoms with Crippen LogP contribution in [0.5, 0.6) is 0 Å². The van der Waals surface area contributed by atoms with E-state index in [1.807, 2.05) is 13.8 Å². The van der Waals surface area contributed by atoms with E-state index in [1.165, 1.54) is 0 Å². The molecule has 1 unspecified atom stereocenters. The lowest BCUT2D eigenvalue weighted by Crippen LogP contribution is -2.11. The highest BCUT2D eigenvalue weighted by Gasteiger charge is 1.94. The largest absolute Gasteiger partial charge is 0.330 e. The Morgan fingerprint density at radius 2 is 2.20 bits per heavy atom. The van der Waals surface area contributed by atoms with Crippen LogP contribution < -0.4 is 5.32 Å². The van der Waals surface area contributed by atoms with E-state index in [4.69, 9.17) is 4.52 Å². The van der Waals surface area contributed by atoms with E-state index in [0.717, 1.165) is 13.0 Å². The standard InChI is InChI=1S/C6H16NO2P/c1-3-5-9-10(8)6-7-4-2/h7,10H,3-6H2,1-2H3. The van der Waals surface area contributed by atoms with Crippen LogP contribution in [0, 0.1) is 0 Å². The zero-order valence-electron chi connectivity index (χ0n) is 6.64. The normalized spacial score (nSPS) is 13.4. The first-order chi connectivity index (χ1) is 4.81. The molecule has 0 spiro atoms. The highest BCUT2D eigenvalue weighted by atomic mass is 31.1. The molecule has 1 N–H and O–H groups in total. The molecule has 0 radical (unpaired) electrons. The molecule has 0 aliphatic heterocycles. The molecular formula is C6H16NO2P. The van der Waals surface area contributed by atoms with Gasteiger partial charge in [0.1, 0.15) is 0 Å². The van der Waals surface area contributed by atoms with Gasteiger partial charge in [-0.2, -0.15) is 0 Å². The van der Waals surface area contributed by atoms with Crippen LogP contribution in [0.4, 0.5) is 0 Å². The van der Waals surface area contributed by atoms with Gasteiger partial charge in [-0.15, -0.1) is 0 Å². The van der Waals surface area contributed by atoms with Crippen molar-refractivity contribution in [3.63, 3.8) is 0 Å². The molecule has 62 valence electrons. The van der Waals surface area contributed by atoms with Gasteiger partial charge in [0.15, 0.2) is 0 Å². The molecule has 1 atom stereocenters. The van der Waals surface area contributed by atoms with Crippen LogP contribution in [0.2, 0.25) is 0 Å². The van der Waals surface area contributed by atoms with Crippen molar-refractivity contribution < 1.29 is 9.09 Å². The predicted octanol–water partition coefficient (Wildman–Crippen LogP) is 1.45. The third-order valence-corrected chi connectivity index (χ3v) is 2.05. The van der Waals surface area contributed by atoms with E-state index in [2.05, 4.69) is 5.32 Å². The van der Waals surface area contributed by atoms with Crippen molar-refractivity contribution in [3.8, 4) is 0 Å². The topological polar surface area (TPSA) is 38.3 Å². The Kier molecular flexibility index (Phi) is 7.37. The minimum Gasteiger partial charge on any atom is -0.330 e. The fourth-order valence-corrected chi connectivity index (χ4v) is 1.48. The molecule has 0 rings (SSSR count). The molecule has 0 aliphatic carbocycles. The molecular weight excluding hydrogens is 149 g/mol. The van der Waals surface area contributed by atoms with Crippen LogP contribution >= 0.6 is 8.03 Å². The minimum atomic E-state index is -1.78. The monoisotopic (exact) mass is 165 g/mol. The van der Waals surface area contributed by atoms with Crippen LogP contribution in [-0.2, 0) is 9.09 Å². The molecule has 0 heterocycles. The van der Waals surface area contributed by atoms with Crippen molar-refractivity contribution in [1.82, 2.24) is 5.32 Å². The molecule has 0 saturated carbocycles. The van der Waals surface area contributed by atoms with Gasteiger partial charge in [0.25, 0.3) is 0 Å². The van der Waals surface area contributed by atoms with Gasteiger partial charge in [-0.1, -0.05) is 13.8 Å². The third kappa shape index (κ3) is 6.27. The molecule has 3 nitrogen and oxygen atoms in total. The second-order valence-corrected chi connectivity index (χ2v) is 3.39. The fourth-order valence-electron chi connectivity index (χ4n) is 0.494. The average molecular weight is 165 g/mol. The molecule has 10 heavy (non-hydrogen) atoms. The first-order valence-electron chi connectivity index (χ1n) is 3.67. The summed E-state index contributed by atoms with van der Waals surface area (Å²) >= 11 is 0. The van der Waals surface area contributed by atoms with Gasteiger partial charge in [0.2, 0.25) is 8.03 Å². The van der Waals surface area contributed by atoms with Crippen molar-refractivity contribution >= 4 is 8.03 Å². The zero-order valence-corrected chi connectivity index (χ0v) is 7.64. The van der Waals surface area contributed by atoms with Gasteiger partial charge in [-0.25, -0.2) is 0 Å². The van der Waals surface area contributed by atoms with E-state index in [-0.39, 0.29) is 0 Å². The fraction of sp³-hybridized carbons (Fsp3) is 1.00. The van der Waals surface area contributed by atoms with Crippen LogP contribution in [0.25, 0.3) is 0 Å². The Labute approximate surface area is 63.0 Å². The number of hydrogen-bond acceptors (Lipinski definition) is 3. The highest BCUT2D eigenvalue weighted by Crippen LogP contribution is 2.19. The Morgan fingerprint density at radius 3 is 2.70 bits per heavy atom. The van der Waals surface area contributed by atoms with Gasteiger partial charge >= 0.3 is 0 Å². The Bertz CT molecular complexity index is 87.7. The van der Waals surface area contributed by atoms with Crippen molar-refractivity contribution in [2.45, 2.75) is 20.3 Å². The Balaban J connectivity index is 3.09. The molecule has 0 aromatic heterocycles. The lowest BCUT2D eigenvalue weighted by Gasteiger charge is -2.01. The van der Waals surface area contributed by atoms with E-state index >= 15 is 0 Å². The van der Waals surface area contributed by atoms with Crippen molar-refractivity contribution in [3.05, 3.63) is 0 Å². The number of hydrogen-bond donors (Lipinski definition) is 1. The lowest BCUT2D eigenvalue weighted by molar-refractivity contribution is 0.327. The summed E-state index contributed by atoms with van der Waals surface area (Å²) in [5.41, 5.74) is 0. The van der Waals surface area contributed by atoms with Crippen molar-refractivity contribution in [1.29, 1.82) is 0 Å². The van der Waals surface area contributed by atoms with Gasteiger partial charge in [0.05, 0.1) is 12.9 Å². The maximum absolute atomic E-state index is 10.9. The van der Waals surface area contributed by atoms with Gasteiger partial charge < -0.3 is 9.84 Å². The Hall–Kier alpha value is 0.150. The minimum absolute atomic E-state index is 0.515. The van der Waals surface area contributed by atoms with Crippen LogP contribution in [0.15, 0.2) is 0 Å². The van der Waals surface area contributed by atoms with E-state index in [1.54, 1.807) is 0 Å². The maximum atomic E-state index is 10.9. The summed E-state index contributed by atoms with van der Waals surface area (Å²) < 4.78 is 15.8. The van der Waals surface area contributed by atoms with Crippen LogP contribution in [-0.4, -0.2) is 19.4 Å². The summed E-state index contributed by atoms with van der Waals surface area (Å²) in [6, 6.07) is 0. The summed E-state index contributed by atoms with van der Waals surface area (Å²) in [6.07, 6.45) is 1.45. The molecule has 4 heteroatoms. The van der Waals surface area contributed by atoms with Crippen LogP contribution in [0.3, 0.4) is 0 Å². The van der Waals surface area contributed by atoms with Gasteiger partial charge in [0, 0.05) is 0 Å². The van der Waals surface area contributed by atoms with Crippen molar-refractivity contribution in [2.75, 3.05) is 19.4 Å². The predicted molar refractivity (Wildman–Crippen MR) is 43.8 cm³/mol. The third-order valence-electron chi connectivity index (χ3n) is 0.987. The smallest absolute Gasteiger partial charge is 0.204 e. The molecule has 0 bridgehead atoms. The first-order valence-corrected chi connectivity index (χ1v) is 5.20. The maximum Gasteiger partial charge on any atom is 0.204 e. The number of rotatable bonds is 6. The highest BCUT2D eigenvalue weighted by molar-refractivity contribution is 7.39. The lowest BCUT2D eigenvalue weighted by atomic mass is 10.5. The SMILES string of the molecule is CCCO[PH](=O)CNCC. The molecule has 0 fully saturated rings. The zero-order chi connectivity index (χ0) is 7.82. The summed E-state index contributed by atoms with van der Waals surface area (Å²) in [5, 5.41) is 2.96. The van der Waals surface area contributed by atoms with Crippen molar-refractivity contribution in [2.24, 2.45) is 0 Å². The summed E-state index contributed by atoms with van der Waals surface area (Å²) in [7, 11) is -1.78. The molecule has 0 aliphatic rings. The quantitative estimate of drug-likeness (QED) is 0.605.